The van der Waals surface area contributed by atoms with Gasteiger partial charge in [-0.05, 0) is 44.4 Å². The number of aromatic nitrogens is 3. The van der Waals surface area contributed by atoms with Crippen LogP contribution in [0.1, 0.15) is 30.9 Å². The molecule has 1 aromatic heterocycles. The van der Waals surface area contributed by atoms with Crippen LogP contribution in [0.3, 0.4) is 0 Å². The lowest BCUT2D eigenvalue weighted by molar-refractivity contribution is 0.749. The lowest BCUT2D eigenvalue weighted by Gasteiger charge is -2.10. The van der Waals surface area contributed by atoms with E-state index < -0.39 is 0 Å². The third-order valence-electron chi connectivity index (χ3n) is 3.22. The second-order valence-corrected chi connectivity index (χ2v) is 4.57. The molecule has 0 amide bonds. The number of hydrogen-bond donors (Lipinski definition) is 0. The minimum absolute atomic E-state index is 1.07. The second kappa shape index (κ2) is 3.84. The van der Waals surface area contributed by atoms with Gasteiger partial charge in [0, 0.05) is 5.56 Å². The first-order valence-corrected chi connectivity index (χ1v) is 5.92. The van der Waals surface area contributed by atoms with E-state index in [1.807, 2.05) is 0 Å². The third-order valence-corrected chi connectivity index (χ3v) is 3.22. The predicted octanol–water partition coefficient (Wildman–Crippen LogP) is 3.14. The van der Waals surface area contributed by atoms with Gasteiger partial charge in [-0.3, -0.25) is 0 Å². The molecule has 1 aliphatic carbocycles. The molecular formula is C14H15N3. The van der Waals surface area contributed by atoms with Crippen molar-refractivity contribution in [2.45, 2.75) is 26.7 Å². The Morgan fingerprint density at radius 3 is 2.53 bits per heavy atom. The van der Waals surface area contributed by atoms with Crippen molar-refractivity contribution in [2.75, 3.05) is 0 Å². The Kier molecular flexibility index (Phi) is 2.32. The van der Waals surface area contributed by atoms with Crippen molar-refractivity contribution >= 4 is 5.57 Å². The SMILES string of the molecule is CC(=C1CC1)c1cc(C)ccc1-n1nccn1. The van der Waals surface area contributed by atoms with Crippen LogP contribution in [0, 0.1) is 6.92 Å². The lowest BCUT2D eigenvalue weighted by atomic mass is 10.0. The van der Waals surface area contributed by atoms with Gasteiger partial charge in [0.05, 0.1) is 18.1 Å². The molecule has 86 valence electrons. The van der Waals surface area contributed by atoms with Crippen molar-refractivity contribution in [3.8, 4) is 5.69 Å². The van der Waals surface area contributed by atoms with Crippen molar-refractivity contribution in [1.29, 1.82) is 0 Å². The molecule has 0 bridgehead atoms. The maximum atomic E-state index is 4.22. The maximum Gasteiger partial charge on any atom is 0.0931 e. The molecule has 0 spiro atoms. The zero-order chi connectivity index (χ0) is 11.8. The average Bonchev–Trinajstić information content (AvgIpc) is 3.04. The summed E-state index contributed by atoms with van der Waals surface area (Å²) in [5.74, 6) is 0. The van der Waals surface area contributed by atoms with E-state index in [9.17, 15) is 0 Å². The van der Waals surface area contributed by atoms with Gasteiger partial charge in [-0.1, -0.05) is 17.2 Å². The Morgan fingerprint density at radius 2 is 1.88 bits per heavy atom. The molecule has 1 saturated carbocycles. The summed E-state index contributed by atoms with van der Waals surface area (Å²) in [6.45, 7) is 4.32. The number of rotatable bonds is 2. The van der Waals surface area contributed by atoms with E-state index in [-0.39, 0.29) is 0 Å². The number of allylic oxidation sites excluding steroid dienone is 2. The van der Waals surface area contributed by atoms with Gasteiger partial charge in [0.25, 0.3) is 0 Å². The Morgan fingerprint density at radius 1 is 1.18 bits per heavy atom. The molecule has 1 heterocycles. The topological polar surface area (TPSA) is 30.7 Å². The summed E-state index contributed by atoms with van der Waals surface area (Å²) in [7, 11) is 0. The summed E-state index contributed by atoms with van der Waals surface area (Å²) in [5.41, 5.74) is 6.55. The Bertz CT molecular complexity index is 574. The van der Waals surface area contributed by atoms with Gasteiger partial charge in [-0.2, -0.15) is 15.0 Å². The fraction of sp³-hybridized carbons (Fsp3) is 0.286. The molecule has 0 unspecified atom stereocenters. The van der Waals surface area contributed by atoms with Crippen LogP contribution in [-0.2, 0) is 0 Å². The summed E-state index contributed by atoms with van der Waals surface area (Å²) in [4.78, 5) is 1.70. The second-order valence-electron chi connectivity index (χ2n) is 4.57. The fourth-order valence-corrected chi connectivity index (χ4v) is 2.09. The molecule has 3 rings (SSSR count). The van der Waals surface area contributed by atoms with Gasteiger partial charge in [0.2, 0.25) is 0 Å². The van der Waals surface area contributed by atoms with Gasteiger partial charge in [0.15, 0.2) is 0 Å². The summed E-state index contributed by atoms with van der Waals surface area (Å²) in [6, 6.07) is 6.42. The highest BCUT2D eigenvalue weighted by Gasteiger charge is 2.18. The number of aryl methyl sites for hydroxylation is 1. The summed E-state index contributed by atoms with van der Waals surface area (Å²) in [6.07, 6.45) is 5.91. The van der Waals surface area contributed by atoms with Gasteiger partial charge in [-0.25, -0.2) is 0 Å². The van der Waals surface area contributed by atoms with Crippen molar-refractivity contribution < 1.29 is 0 Å². The molecular weight excluding hydrogens is 210 g/mol. The largest absolute Gasteiger partial charge is 0.157 e. The van der Waals surface area contributed by atoms with Crippen molar-refractivity contribution in [3.05, 3.63) is 47.3 Å². The first-order chi connectivity index (χ1) is 8.25. The third kappa shape index (κ3) is 1.88. The molecule has 0 N–H and O–H groups in total. The number of benzene rings is 1. The van der Waals surface area contributed by atoms with Gasteiger partial charge >= 0.3 is 0 Å². The highest BCUT2D eigenvalue weighted by molar-refractivity contribution is 5.75. The van der Waals surface area contributed by atoms with Crippen LogP contribution in [0.25, 0.3) is 11.3 Å². The van der Waals surface area contributed by atoms with Crippen LogP contribution in [0.5, 0.6) is 0 Å². The highest BCUT2D eigenvalue weighted by atomic mass is 15.5. The molecule has 1 aromatic carbocycles. The van der Waals surface area contributed by atoms with Crippen molar-refractivity contribution in [1.82, 2.24) is 15.0 Å². The highest BCUT2D eigenvalue weighted by Crippen LogP contribution is 2.37. The Hall–Kier alpha value is -1.90. The normalized spacial score (nSPS) is 13.9. The molecule has 0 aliphatic heterocycles. The monoisotopic (exact) mass is 225 g/mol. The quantitative estimate of drug-likeness (QED) is 0.786. The van der Waals surface area contributed by atoms with E-state index in [0.717, 1.165) is 5.69 Å². The van der Waals surface area contributed by atoms with E-state index in [0.29, 0.717) is 0 Å². The van der Waals surface area contributed by atoms with Crippen LogP contribution in [0.15, 0.2) is 36.2 Å². The van der Waals surface area contributed by atoms with Crippen LogP contribution in [-0.4, -0.2) is 15.0 Å². The minimum atomic E-state index is 1.07. The van der Waals surface area contributed by atoms with E-state index in [2.05, 4.69) is 42.2 Å². The zero-order valence-corrected chi connectivity index (χ0v) is 10.1. The number of nitrogens with zero attached hydrogens (tertiary/aromatic N) is 3. The van der Waals surface area contributed by atoms with E-state index in [1.165, 1.54) is 29.5 Å². The molecule has 1 aliphatic rings. The van der Waals surface area contributed by atoms with E-state index >= 15 is 0 Å². The van der Waals surface area contributed by atoms with Gasteiger partial charge in [-0.15, -0.1) is 0 Å². The maximum absolute atomic E-state index is 4.22. The standard InChI is InChI=1S/C14H15N3/c1-10-3-6-14(17-15-7-8-16-17)13(9-10)11(2)12-4-5-12/h3,6-9H,4-5H2,1-2H3. The summed E-state index contributed by atoms with van der Waals surface area (Å²) in [5, 5.41) is 8.44. The van der Waals surface area contributed by atoms with Gasteiger partial charge in [0.1, 0.15) is 0 Å². The van der Waals surface area contributed by atoms with Crippen LogP contribution in [0.2, 0.25) is 0 Å². The first kappa shape index (κ1) is 10.3. The molecule has 2 aromatic rings. The Labute approximate surface area is 101 Å². The zero-order valence-electron chi connectivity index (χ0n) is 10.1. The Balaban J connectivity index is 2.18. The number of hydrogen-bond acceptors (Lipinski definition) is 2. The van der Waals surface area contributed by atoms with Crippen LogP contribution < -0.4 is 0 Å². The van der Waals surface area contributed by atoms with Crippen LogP contribution >= 0.6 is 0 Å². The fourth-order valence-electron chi connectivity index (χ4n) is 2.09. The smallest absolute Gasteiger partial charge is 0.0931 e. The lowest BCUT2D eigenvalue weighted by Crippen LogP contribution is -2.02. The van der Waals surface area contributed by atoms with Crippen molar-refractivity contribution in [2.24, 2.45) is 0 Å². The molecule has 3 heteroatoms. The molecule has 3 nitrogen and oxygen atoms in total. The molecule has 0 atom stereocenters. The van der Waals surface area contributed by atoms with Crippen molar-refractivity contribution in [3.63, 3.8) is 0 Å². The summed E-state index contributed by atoms with van der Waals surface area (Å²) >= 11 is 0. The molecule has 0 saturated heterocycles. The van der Waals surface area contributed by atoms with Gasteiger partial charge < -0.3 is 0 Å². The first-order valence-electron chi connectivity index (χ1n) is 5.92. The predicted molar refractivity (Wildman–Crippen MR) is 67.9 cm³/mol. The molecule has 1 fully saturated rings. The molecule has 17 heavy (non-hydrogen) atoms. The summed E-state index contributed by atoms with van der Waals surface area (Å²) < 4.78 is 0. The van der Waals surface area contributed by atoms with Crippen LogP contribution in [0.4, 0.5) is 0 Å². The average molecular weight is 225 g/mol. The minimum Gasteiger partial charge on any atom is -0.157 e. The van der Waals surface area contributed by atoms with E-state index in [4.69, 9.17) is 0 Å². The van der Waals surface area contributed by atoms with E-state index in [1.54, 1.807) is 22.8 Å². The molecule has 0 radical (unpaired) electrons.